The first-order valence-corrected chi connectivity index (χ1v) is 9.02. The Morgan fingerprint density at radius 3 is 2.56 bits per heavy atom. The number of aryl methyl sites for hydroxylation is 1. The minimum atomic E-state index is -0.0440. The Balaban J connectivity index is 1.45. The van der Waals surface area contributed by atoms with E-state index in [0.29, 0.717) is 37.7 Å². The third-order valence-electron chi connectivity index (χ3n) is 4.04. The van der Waals surface area contributed by atoms with E-state index in [-0.39, 0.29) is 5.91 Å². The molecule has 0 spiro atoms. The van der Waals surface area contributed by atoms with E-state index in [1.54, 1.807) is 0 Å². The Hall–Kier alpha value is -3.15. The lowest BCUT2D eigenvalue weighted by atomic mass is 10.1. The molecular formula is C21H23N3O3. The van der Waals surface area contributed by atoms with Crippen LogP contribution in [0.25, 0.3) is 11.4 Å². The van der Waals surface area contributed by atoms with Gasteiger partial charge >= 0.3 is 0 Å². The number of rotatable bonds is 8. The fraction of sp³-hybridized carbons (Fsp3) is 0.286. The van der Waals surface area contributed by atoms with Crippen molar-refractivity contribution in [3.05, 3.63) is 65.5 Å². The quantitative estimate of drug-likeness (QED) is 0.662. The SMILES string of the molecule is CCOc1ccc(CC(=O)NCCc2nc(-c3ccc(C)cc3)no2)cc1. The maximum absolute atomic E-state index is 12.1. The molecule has 27 heavy (non-hydrogen) atoms. The molecule has 0 fully saturated rings. The number of nitrogens with zero attached hydrogens (tertiary/aromatic N) is 2. The van der Waals surface area contributed by atoms with E-state index in [1.807, 2.05) is 62.4 Å². The zero-order valence-corrected chi connectivity index (χ0v) is 15.6. The molecule has 140 valence electrons. The van der Waals surface area contributed by atoms with Crippen LogP contribution in [0, 0.1) is 6.92 Å². The second kappa shape index (κ2) is 8.98. The van der Waals surface area contributed by atoms with Crippen molar-refractivity contribution >= 4 is 5.91 Å². The van der Waals surface area contributed by atoms with Gasteiger partial charge in [0.05, 0.1) is 13.0 Å². The van der Waals surface area contributed by atoms with E-state index >= 15 is 0 Å². The summed E-state index contributed by atoms with van der Waals surface area (Å²) in [6.07, 6.45) is 0.818. The number of hydrogen-bond acceptors (Lipinski definition) is 5. The van der Waals surface area contributed by atoms with Gasteiger partial charge in [0.15, 0.2) is 0 Å². The summed E-state index contributed by atoms with van der Waals surface area (Å²) in [4.78, 5) is 16.4. The first-order chi connectivity index (χ1) is 13.1. The number of hydrogen-bond donors (Lipinski definition) is 1. The van der Waals surface area contributed by atoms with E-state index in [0.717, 1.165) is 16.9 Å². The molecule has 0 unspecified atom stereocenters. The highest BCUT2D eigenvalue weighted by molar-refractivity contribution is 5.78. The first-order valence-electron chi connectivity index (χ1n) is 9.02. The molecule has 1 amide bonds. The van der Waals surface area contributed by atoms with Crippen LogP contribution < -0.4 is 10.1 Å². The van der Waals surface area contributed by atoms with Gasteiger partial charge in [-0.05, 0) is 31.5 Å². The van der Waals surface area contributed by atoms with Crippen molar-refractivity contribution < 1.29 is 14.1 Å². The Kier molecular flexibility index (Phi) is 6.20. The topological polar surface area (TPSA) is 77.2 Å². The zero-order chi connectivity index (χ0) is 19.1. The number of carbonyl (C=O) groups excluding carboxylic acids is 1. The van der Waals surface area contributed by atoms with Crippen LogP contribution in [0.3, 0.4) is 0 Å². The van der Waals surface area contributed by atoms with Crippen LogP contribution in [0.1, 0.15) is 23.9 Å². The van der Waals surface area contributed by atoms with Crippen LogP contribution in [0.4, 0.5) is 0 Å². The van der Waals surface area contributed by atoms with Crippen LogP contribution in [0.2, 0.25) is 0 Å². The zero-order valence-electron chi connectivity index (χ0n) is 15.6. The van der Waals surface area contributed by atoms with Crippen LogP contribution >= 0.6 is 0 Å². The molecule has 0 radical (unpaired) electrons. The number of benzene rings is 2. The molecule has 0 aliphatic carbocycles. The third-order valence-corrected chi connectivity index (χ3v) is 4.04. The van der Waals surface area contributed by atoms with E-state index in [1.165, 1.54) is 5.56 Å². The van der Waals surface area contributed by atoms with E-state index in [9.17, 15) is 4.79 Å². The monoisotopic (exact) mass is 365 g/mol. The third kappa shape index (κ3) is 5.41. The van der Waals surface area contributed by atoms with Crippen LogP contribution in [0.15, 0.2) is 53.1 Å². The van der Waals surface area contributed by atoms with Crippen molar-refractivity contribution in [1.29, 1.82) is 0 Å². The summed E-state index contributed by atoms with van der Waals surface area (Å²) < 4.78 is 10.7. The summed E-state index contributed by atoms with van der Waals surface area (Å²) in [6.45, 7) is 5.04. The van der Waals surface area contributed by atoms with Gasteiger partial charge in [-0.25, -0.2) is 0 Å². The maximum atomic E-state index is 12.1. The Bertz CT molecular complexity index is 870. The average molecular weight is 365 g/mol. The van der Waals surface area contributed by atoms with Crippen molar-refractivity contribution in [2.45, 2.75) is 26.7 Å². The minimum Gasteiger partial charge on any atom is -0.494 e. The summed E-state index contributed by atoms with van der Waals surface area (Å²) in [7, 11) is 0. The standard InChI is InChI=1S/C21H23N3O3/c1-3-26-18-10-6-16(7-11-18)14-19(25)22-13-12-20-23-21(24-27-20)17-8-4-15(2)5-9-17/h4-11H,3,12-14H2,1-2H3,(H,22,25). The molecule has 6 heteroatoms. The highest BCUT2D eigenvalue weighted by atomic mass is 16.5. The average Bonchev–Trinajstić information content (AvgIpc) is 3.13. The molecule has 0 aliphatic heterocycles. The van der Waals surface area contributed by atoms with E-state index < -0.39 is 0 Å². The fourth-order valence-electron chi connectivity index (χ4n) is 2.60. The maximum Gasteiger partial charge on any atom is 0.228 e. The lowest BCUT2D eigenvalue weighted by Crippen LogP contribution is -2.27. The normalized spacial score (nSPS) is 10.6. The molecule has 1 heterocycles. The molecule has 2 aromatic carbocycles. The molecule has 0 aliphatic rings. The van der Waals surface area contributed by atoms with Gasteiger partial charge < -0.3 is 14.6 Å². The smallest absolute Gasteiger partial charge is 0.228 e. The molecule has 0 atom stereocenters. The lowest BCUT2D eigenvalue weighted by molar-refractivity contribution is -0.120. The molecular weight excluding hydrogens is 342 g/mol. The number of carbonyl (C=O) groups is 1. The van der Waals surface area contributed by atoms with E-state index in [2.05, 4.69) is 15.5 Å². The summed E-state index contributed by atoms with van der Waals surface area (Å²) in [5, 5.41) is 6.87. The molecule has 3 rings (SSSR count). The van der Waals surface area contributed by atoms with Gasteiger partial charge in [-0.15, -0.1) is 0 Å². The second-order valence-corrected chi connectivity index (χ2v) is 6.23. The first kappa shape index (κ1) is 18.6. The second-order valence-electron chi connectivity index (χ2n) is 6.23. The van der Waals surface area contributed by atoms with Crippen molar-refractivity contribution in [3.63, 3.8) is 0 Å². The molecule has 6 nitrogen and oxygen atoms in total. The van der Waals surface area contributed by atoms with Crippen molar-refractivity contribution in [1.82, 2.24) is 15.5 Å². The van der Waals surface area contributed by atoms with Crippen molar-refractivity contribution in [3.8, 4) is 17.1 Å². The van der Waals surface area contributed by atoms with Gasteiger partial charge in [0.1, 0.15) is 5.75 Å². The Labute approximate surface area is 158 Å². The lowest BCUT2D eigenvalue weighted by Gasteiger charge is -2.06. The fourth-order valence-corrected chi connectivity index (χ4v) is 2.60. The molecule has 0 saturated heterocycles. The van der Waals surface area contributed by atoms with Crippen molar-refractivity contribution in [2.24, 2.45) is 0 Å². The molecule has 3 aromatic rings. The van der Waals surface area contributed by atoms with Crippen LogP contribution in [0.5, 0.6) is 5.75 Å². The summed E-state index contributed by atoms with van der Waals surface area (Å²) in [5.74, 6) is 1.83. The summed E-state index contributed by atoms with van der Waals surface area (Å²) >= 11 is 0. The van der Waals surface area contributed by atoms with Crippen molar-refractivity contribution in [2.75, 3.05) is 13.2 Å². The van der Waals surface area contributed by atoms with Gasteiger partial charge in [-0.3, -0.25) is 4.79 Å². The number of amides is 1. The molecule has 1 N–H and O–H groups in total. The van der Waals surface area contributed by atoms with E-state index in [4.69, 9.17) is 9.26 Å². The van der Waals surface area contributed by atoms with Gasteiger partial charge in [0.25, 0.3) is 0 Å². The van der Waals surface area contributed by atoms with Gasteiger partial charge in [0, 0.05) is 18.5 Å². The Morgan fingerprint density at radius 1 is 1.11 bits per heavy atom. The minimum absolute atomic E-state index is 0.0440. The molecule has 0 saturated carbocycles. The van der Waals surface area contributed by atoms with Crippen LogP contribution in [-0.2, 0) is 17.6 Å². The molecule has 1 aromatic heterocycles. The Morgan fingerprint density at radius 2 is 1.85 bits per heavy atom. The van der Waals surface area contributed by atoms with Gasteiger partial charge in [0.2, 0.25) is 17.6 Å². The highest BCUT2D eigenvalue weighted by Crippen LogP contribution is 2.16. The number of nitrogens with one attached hydrogen (secondary N) is 1. The number of ether oxygens (including phenoxy) is 1. The predicted octanol–water partition coefficient (Wildman–Crippen LogP) is 3.35. The number of aromatic nitrogens is 2. The van der Waals surface area contributed by atoms with Gasteiger partial charge in [-0.1, -0.05) is 47.1 Å². The van der Waals surface area contributed by atoms with Gasteiger partial charge in [-0.2, -0.15) is 4.98 Å². The largest absolute Gasteiger partial charge is 0.494 e. The predicted molar refractivity (Wildman–Crippen MR) is 102 cm³/mol. The molecule has 0 bridgehead atoms. The highest BCUT2D eigenvalue weighted by Gasteiger charge is 2.09. The summed E-state index contributed by atoms with van der Waals surface area (Å²) in [5.41, 5.74) is 3.03. The summed E-state index contributed by atoms with van der Waals surface area (Å²) in [6, 6.07) is 15.5. The van der Waals surface area contributed by atoms with Crippen LogP contribution in [-0.4, -0.2) is 29.2 Å².